The molecule has 0 aliphatic carbocycles. The number of fused-ring (bicyclic) bond motifs is 1. The number of carbonyl (C=O) groups is 2. The number of nitrogens with zero attached hydrogens (tertiary/aromatic N) is 3. The zero-order valence-electron chi connectivity index (χ0n) is 14.7. The first kappa shape index (κ1) is 16.8. The topological polar surface area (TPSA) is 76.5 Å². The van der Waals surface area contributed by atoms with Gasteiger partial charge in [-0.25, -0.2) is 0 Å². The summed E-state index contributed by atoms with van der Waals surface area (Å²) in [7, 11) is 1.86. The zero-order chi connectivity index (χ0) is 18.1. The summed E-state index contributed by atoms with van der Waals surface area (Å²) in [6.45, 7) is 1.23. The second kappa shape index (κ2) is 6.92. The fourth-order valence-corrected chi connectivity index (χ4v) is 3.74. The Balaban J connectivity index is 1.40. The fraction of sp³-hybridized carbons (Fsp3) is 0.421. The van der Waals surface area contributed by atoms with E-state index in [0.717, 1.165) is 24.1 Å². The monoisotopic (exact) mass is 354 g/mol. The predicted molar refractivity (Wildman–Crippen MR) is 94.5 cm³/mol. The van der Waals surface area contributed by atoms with Crippen LogP contribution >= 0.6 is 0 Å². The molecule has 7 nitrogen and oxygen atoms in total. The summed E-state index contributed by atoms with van der Waals surface area (Å²) in [5.41, 5.74) is 2.69. The van der Waals surface area contributed by atoms with Crippen LogP contribution in [0.25, 0.3) is 0 Å². The lowest BCUT2D eigenvalue weighted by atomic mass is 9.99. The van der Waals surface area contributed by atoms with Crippen LogP contribution in [0.3, 0.4) is 0 Å². The summed E-state index contributed by atoms with van der Waals surface area (Å²) in [6, 6.07) is 9.39. The average Bonchev–Trinajstić information content (AvgIpc) is 3.26. The van der Waals surface area contributed by atoms with Crippen LogP contribution in [0.4, 0.5) is 0 Å². The Bertz CT molecular complexity index is 832. The van der Waals surface area contributed by atoms with Crippen LogP contribution in [0, 0.1) is 0 Å². The number of ether oxygens (including phenoxy) is 1. The summed E-state index contributed by atoms with van der Waals surface area (Å²) in [5.74, 6) is -0.228. The van der Waals surface area contributed by atoms with Gasteiger partial charge in [-0.2, -0.15) is 5.10 Å². The van der Waals surface area contributed by atoms with E-state index in [1.54, 1.807) is 15.8 Å². The highest BCUT2D eigenvalue weighted by atomic mass is 16.5. The van der Waals surface area contributed by atoms with Gasteiger partial charge in [-0.05, 0) is 30.5 Å². The van der Waals surface area contributed by atoms with Crippen LogP contribution in [-0.2, 0) is 23.0 Å². The molecule has 2 aromatic rings. The van der Waals surface area contributed by atoms with E-state index in [1.807, 2.05) is 37.4 Å². The summed E-state index contributed by atoms with van der Waals surface area (Å²) in [6.07, 6.45) is 3.04. The highest BCUT2D eigenvalue weighted by molar-refractivity contribution is 5.98. The molecule has 2 aliphatic heterocycles. The van der Waals surface area contributed by atoms with Crippen molar-refractivity contribution < 1.29 is 14.3 Å². The Morgan fingerprint density at radius 1 is 1.35 bits per heavy atom. The Kier molecular flexibility index (Phi) is 4.46. The van der Waals surface area contributed by atoms with Crippen molar-refractivity contribution in [2.45, 2.75) is 25.0 Å². The molecular weight excluding hydrogens is 332 g/mol. The molecule has 0 saturated carbocycles. The second-order valence-electron chi connectivity index (χ2n) is 6.77. The van der Waals surface area contributed by atoms with E-state index in [2.05, 4.69) is 10.4 Å². The first-order chi connectivity index (χ1) is 12.6. The minimum atomic E-state index is -0.204. The van der Waals surface area contributed by atoms with Gasteiger partial charge in [0.15, 0.2) is 0 Å². The molecule has 1 aromatic carbocycles. The van der Waals surface area contributed by atoms with E-state index in [-0.39, 0.29) is 30.5 Å². The quantitative estimate of drug-likeness (QED) is 0.891. The molecule has 2 aliphatic rings. The Labute approximate surface area is 151 Å². The first-order valence-electron chi connectivity index (χ1n) is 8.89. The van der Waals surface area contributed by atoms with Gasteiger partial charge < -0.3 is 15.0 Å². The summed E-state index contributed by atoms with van der Waals surface area (Å²) >= 11 is 0. The normalized spacial score (nSPS) is 22.3. The molecule has 1 fully saturated rings. The molecule has 0 radical (unpaired) electrons. The molecule has 0 spiro atoms. The van der Waals surface area contributed by atoms with E-state index >= 15 is 0 Å². The third-order valence-electron chi connectivity index (χ3n) is 5.11. The Hall–Kier alpha value is -2.67. The lowest BCUT2D eigenvalue weighted by Gasteiger charge is -2.29. The van der Waals surface area contributed by atoms with Crippen molar-refractivity contribution in [3.63, 3.8) is 0 Å². The van der Waals surface area contributed by atoms with Gasteiger partial charge in [0, 0.05) is 32.0 Å². The molecule has 7 heteroatoms. The third kappa shape index (κ3) is 3.10. The number of hydrogen-bond donors (Lipinski definition) is 1. The molecule has 2 amide bonds. The lowest BCUT2D eigenvalue weighted by Crippen LogP contribution is -2.47. The summed E-state index contributed by atoms with van der Waals surface area (Å²) < 4.78 is 7.56. The minimum Gasteiger partial charge on any atom is -0.370 e. The van der Waals surface area contributed by atoms with Crippen LogP contribution in [-0.4, -0.2) is 52.2 Å². The molecule has 26 heavy (non-hydrogen) atoms. The number of benzene rings is 1. The number of rotatable bonds is 4. The van der Waals surface area contributed by atoms with Gasteiger partial charge in [0.05, 0.1) is 18.3 Å². The predicted octanol–water partition coefficient (Wildman–Crippen LogP) is 1.06. The molecule has 1 saturated heterocycles. The standard InChI is InChI=1S/C19H22N4O3/c1-22-16(6-9-20-22)18-15(8-11-26-18)21-17(24)12-23-10-7-13-4-2-3-5-14(13)19(23)25/h2-6,9,15,18H,7-8,10-12H2,1H3,(H,21,24)/t15-,18-/m0/s1. The van der Waals surface area contributed by atoms with Gasteiger partial charge in [0.25, 0.3) is 5.91 Å². The van der Waals surface area contributed by atoms with E-state index in [1.165, 1.54) is 0 Å². The van der Waals surface area contributed by atoms with Crippen molar-refractivity contribution in [1.82, 2.24) is 20.0 Å². The van der Waals surface area contributed by atoms with Crippen molar-refractivity contribution >= 4 is 11.8 Å². The minimum absolute atomic E-state index is 0.0712. The summed E-state index contributed by atoms with van der Waals surface area (Å²) in [5, 5.41) is 7.21. The van der Waals surface area contributed by atoms with Crippen molar-refractivity contribution in [2.24, 2.45) is 7.05 Å². The molecule has 0 unspecified atom stereocenters. The van der Waals surface area contributed by atoms with E-state index < -0.39 is 0 Å². The molecule has 1 N–H and O–H groups in total. The molecule has 0 bridgehead atoms. The van der Waals surface area contributed by atoms with Crippen molar-refractivity contribution in [2.75, 3.05) is 19.7 Å². The van der Waals surface area contributed by atoms with E-state index in [4.69, 9.17) is 4.74 Å². The van der Waals surface area contributed by atoms with E-state index in [9.17, 15) is 9.59 Å². The molecular formula is C19H22N4O3. The number of hydrogen-bond acceptors (Lipinski definition) is 4. The molecule has 3 heterocycles. The van der Waals surface area contributed by atoms with Crippen LogP contribution in [0.2, 0.25) is 0 Å². The molecule has 4 rings (SSSR count). The van der Waals surface area contributed by atoms with E-state index in [0.29, 0.717) is 18.7 Å². The van der Waals surface area contributed by atoms with Crippen LogP contribution < -0.4 is 5.32 Å². The SMILES string of the molecule is Cn1nccc1[C@H]1OCC[C@@H]1NC(=O)CN1CCc2ccccc2C1=O. The fourth-order valence-electron chi connectivity index (χ4n) is 3.74. The van der Waals surface area contributed by atoms with Gasteiger partial charge >= 0.3 is 0 Å². The van der Waals surface area contributed by atoms with Gasteiger partial charge in [0.2, 0.25) is 5.91 Å². The smallest absolute Gasteiger partial charge is 0.254 e. The van der Waals surface area contributed by atoms with Crippen molar-refractivity contribution in [3.8, 4) is 0 Å². The van der Waals surface area contributed by atoms with Crippen LogP contribution in [0.15, 0.2) is 36.5 Å². The van der Waals surface area contributed by atoms with Crippen molar-refractivity contribution in [3.05, 3.63) is 53.3 Å². The largest absolute Gasteiger partial charge is 0.370 e. The third-order valence-corrected chi connectivity index (χ3v) is 5.11. The van der Waals surface area contributed by atoms with Gasteiger partial charge in [0.1, 0.15) is 6.10 Å². The van der Waals surface area contributed by atoms with Gasteiger partial charge in [-0.3, -0.25) is 14.3 Å². The Morgan fingerprint density at radius 2 is 2.19 bits per heavy atom. The maximum atomic E-state index is 12.6. The number of amides is 2. The maximum absolute atomic E-state index is 12.6. The highest BCUT2D eigenvalue weighted by Gasteiger charge is 2.33. The molecule has 2 atom stereocenters. The number of aryl methyl sites for hydroxylation is 1. The molecule has 136 valence electrons. The number of carbonyl (C=O) groups excluding carboxylic acids is 2. The van der Waals surface area contributed by atoms with Gasteiger partial charge in [-0.1, -0.05) is 18.2 Å². The summed E-state index contributed by atoms with van der Waals surface area (Å²) in [4.78, 5) is 26.8. The number of nitrogens with one attached hydrogen (secondary N) is 1. The first-order valence-corrected chi connectivity index (χ1v) is 8.89. The van der Waals surface area contributed by atoms with Gasteiger partial charge in [-0.15, -0.1) is 0 Å². The average molecular weight is 354 g/mol. The van der Waals surface area contributed by atoms with Crippen molar-refractivity contribution in [1.29, 1.82) is 0 Å². The maximum Gasteiger partial charge on any atom is 0.254 e. The Morgan fingerprint density at radius 3 is 3.00 bits per heavy atom. The van der Waals surface area contributed by atoms with Crippen LogP contribution in [0.1, 0.15) is 34.1 Å². The van der Waals surface area contributed by atoms with Crippen LogP contribution in [0.5, 0.6) is 0 Å². The second-order valence-corrected chi connectivity index (χ2v) is 6.77. The highest BCUT2D eigenvalue weighted by Crippen LogP contribution is 2.28. The lowest BCUT2D eigenvalue weighted by molar-refractivity contribution is -0.123. The number of aromatic nitrogens is 2. The zero-order valence-corrected chi connectivity index (χ0v) is 14.7. The molecule has 1 aromatic heterocycles.